The number of fused-ring (bicyclic) bond motifs is 1. The number of hydrogen-bond acceptors (Lipinski definition) is 3. The Bertz CT molecular complexity index is 691. The molecule has 0 spiro atoms. The SMILES string of the molecule is COc1ccc(-c2nc3cccc(Cl)n3n2)cc1. The van der Waals surface area contributed by atoms with Crippen molar-refractivity contribution in [1.82, 2.24) is 14.6 Å². The lowest BCUT2D eigenvalue weighted by molar-refractivity contribution is 0.415. The molecule has 3 rings (SSSR count). The normalized spacial score (nSPS) is 10.8. The van der Waals surface area contributed by atoms with Crippen LogP contribution in [0.15, 0.2) is 42.5 Å². The van der Waals surface area contributed by atoms with E-state index in [9.17, 15) is 0 Å². The first-order chi connectivity index (χ1) is 8.78. The average Bonchev–Trinajstić information content (AvgIpc) is 2.84. The van der Waals surface area contributed by atoms with Crippen molar-refractivity contribution in [2.24, 2.45) is 0 Å². The lowest BCUT2D eigenvalue weighted by Crippen LogP contribution is -1.88. The predicted octanol–water partition coefficient (Wildman–Crippen LogP) is 3.06. The molecule has 18 heavy (non-hydrogen) atoms. The zero-order valence-electron chi connectivity index (χ0n) is 9.67. The van der Waals surface area contributed by atoms with E-state index in [1.54, 1.807) is 17.7 Å². The van der Waals surface area contributed by atoms with Gasteiger partial charge < -0.3 is 4.74 Å². The number of benzene rings is 1. The molecular weight excluding hydrogens is 250 g/mol. The maximum Gasteiger partial charge on any atom is 0.182 e. The molecular formula is C13H10ClN3O. The van der Waals surface area contributed by atoms with Crippen LogP contribution >= 0.6 is 11.6 Å². The molecule has 2 heterocycles. The first-order valence-electron chi connectivity index (χ1n) is 5.43. The van der Waals surface area contributed by atoms with Crippen LogP contribution in [0.2, 0.25) is 5.15 Å². The molecule has 0 bridgehead atoms. The summed E-state index contributed by atoms with van der Waals surface area (Å²) < 4.78 is 6.73. The van der Waals surface area contributed by atoms with E-state index in [1.165, 1.54) is 0 Å². The van der Waals surface area contributed by atoms with Gasteiger partial charge in [-0.2, -0.15) is 0 Å². The second-order valence-corrected chi connectivity index (χ2v) is 4.17. The molecule has 0 radical (unpaired) electrons. The van der Waals surface area contributed by atoms with Gasteiger partial charge in [-0.3, -0.25) is 0 Å². The molecule has 3 aromatic rings. The molecule has 0 saturated carbocycles. The Morgan fingerprint density at radius 1 is 1.11 bits per heavy atom. The number of methoxy groups -OCH3 is 1. The highest BCUT2D eigenvalue weighted by molar-refractivity contribution is 6.29. The van der Waals surface area contributed by atoms with Crippen LogP contribution in [-0.2, 0) is 0 Å². The molecule has 0 aliphatic rings. The number of pyridine rings is 1. The van der Waals surface area contributed by atoms with E-state index >= 15 is 0 Å². The van der Waals surface area contributed by atoms with Crippen LogP contribution in [0.3, 0.4) is 0 Å². The van der Waals surface area contributed by atoms with Gasteiger partial charge in [-0.15, -0.1) is 5.10 Å². The van der Waals surface area contributed by atoms with Gasteiger partial charge in [-0.25, -0.2) is 9.50 Å². The fourth-order valence-corrected chi connectivity index (χ4v) is 1.93. The van der Waals surface area contributed by atoms with E-state index < -0.39 is 0 Å². The summed E-state index contributed by atoms with van der Waals surface area (Å²) in [6.45, 7) is 0. The van der Waals surface area contributed by atoms with Crippen molar-refractivity contribution in [2.75, 3.05) is 7.11 Å². The third-order valence-electron chi connectivity index (χ3n) is 2.66. The van der Waals surface area contributed by atoms with E-state index in [-0.39, 0.29) is 0 Å². The highest BCUT2D eigenvalue weighted by Gasteiger charge is 2.07. The number of rotatable bonds is 2. The van der Waals surface area contributed by atoms with Gasteiger partial charge in [-0.05, 0) is 36.4 Å². The fourth-order valence-electron chi connectivity index (χ4n) is 1.74. The minimum Gasteiger partial charge on any atom is -0.497 e. The summed E-state index contributed by atoms with van der Waals surface area (Å²) in [5.74, 6) is 1.45. The number of ether oxygens (including phenoxy) is 1. The molecule has 2 aromatic heterocycles. The third-order valence-corrected chi connectivity index (χ3v) is 2.95. The van der Waals surface area contributed by atoms with Gasteiger partial charge in [0, 0.05) is 5.56 Å². The Labute approximate surface area is 109 Å². The smallest absolute Gasteiger partial charge is 0.182 e. The molecule has 5 heteroatoms. The Morgan fingerprint density at radius 2 is 1.89 bits per heavy atom. The van der Waals surface area contributed by atoms with Gasteiger partial charge in [0.2, 0.25) is 0 Å². The predicted molar refractivity (Wildman–Crippen MR) is 70.0 cm³/mol. The van der Waals surface area contributed by atoms with Crippen molar-refractivity contribution in [3.05, 3.63) is 47.6 Å². The lowest BCUT2D eigenvalue weighted by atomic mass is 10.2. The summed E-state index contributed by atoms with van der Waals surface area (Å²) in [4.78, 5) is 4.43. The molecule has 90 valence electrons. The van der Waals surface area contributed by atoms with Crippen molar-refractivity contribution in [2.45, 2.75) is 0 Å². The summed E-state index contributed by atoms with van der Waals surface area (Å²) in [6.07, 6.45) is 0. The summed E-state index contributed by atoms with van der Waals surface area (Å²) in [7, 11) is 1.64. The Hall–Kier alpha value is -2.07. The average molecular weight is 260 g/mol. The third kappa shape index (κ3) is 1.80. The Balaban J connectivity index is 2.10. The summed E-state index contributed by atoms with van der Waals surface area (Å²) in [5.41, 5.74) is 1.66. The number of nitrogens with zero attached hydrogens (tertiary/aromatic N) is 3. The minimum absolute atomic E-state index is 0.541. The van der Waals surface area contributed by atoms with Crippen LogP contribution in [0.25, 0.3) is 17.0 Å². The van der Waals surface area contributed by atoms with E-state index in [1.807, 2.05) is 36.4 Å². The zero-order valence-corrected chi connectivity index (χ0v) is 10.4. The van der Waals surface area contributed by atoms with Gasteiger partial charge >= 0.3 is 0 Å². The minimum atomic E-state index is 0.541. The second kappa shape index (κ2) is 4.31. The van der Waals surface area contributed by atoms with Crippen molar-refractivity contribution in [3.8, 4) is 17.1 Å². The fraction of sp³-hybridized carbons (Fsp3) is 0.0769. The zero-order chi connectivity index (χ0) is 12.5. The van der Waals surface area contributed by atoms with E-state index in [0.29, 0.717) is 11.0 Å². The van der Waals surface area contributed by atoms with Gasteiger partial charge in [0.05, 0.1) is 7.11 Å². The van der Waals surface area contributed by atoms with Crippen molar-refractivity contribution in [1.29, 1.82) is 0 Å². The summed E-state index contributed by atoms with van der Waals surface area (Å²) in [6, 6.07) is 13.1. The van der Waals surface area contributed by atoms with Crippen molar-refractivity contribution >= 4 is 17.2 Å². The molecule has 0 amide bonds. The lowest BCUT2D eigenvalue weighted by Gasteiger charge is -1.99. The highest BCUT2D eigenvalue weighted by atomic mass is 35.5. The molecule has 0 fully saturated rings. The molecule has 0 atom stereocenters. The summed E-state index contributed by atoms with van der Waals surface area (Å²) in [5, 5.41) is 4.91. The number of aromatic nitrogens is 3. The van der Waals surface area contributed by atoms with Gasteiger partial charge in [0.15, 0.2) is 11.5 Å². The van der Waals surface area contributed by atoms with Gasteiger partial charge in [0.1, 0.15) is 10.9 Å². The second-order valence-electron chi connectivity index (χ2n) is 3.78. The van der Waals surface area contributed by atoms with E-state index in [2.05, 4.69) is 10.1 Å². The van der Waals surface area contributed by atoms with Crippen molar-refractivity contribution < 1.29 is 4.74 Å². The van der Waals surface area contributed by atoms with Crippen LogP contribution in [-0.4, -0.2) is 21.7 Å². The molecule has 0 aliphatic heterocycles. The standard InChI is InChI=1S/C13H10ClN3O/c1-18-10-7-5-9(6-8-10)13-15-12-4-2-3-11(14)17(12)16-13/h2-8H,1H3. The first-order valence-corrected chi connectivity index (χ1v) is 5.81. The molecule has 1 aromatic carbocycles. The van der Waals surface area contributed by atoms with Gasteiger partial charge in [0.25, 0.3) is 0 Å². The molecule has 4 nitrogen and oxygen atoms in total. The molecule has 0 N–H and O–H groups in total. The van der Waals surface area contributed by atoms with Crippen LogP contribution in [0.5, 0.6) is 5.75 Å². The Kier molecular flexibility index (Phi) is 2.64. The largest absolute Gasteiger partial charge is 0.497 e. The monoisotopic (exact) mass is 259 g/mol. The van der Waals surface area contributed by atoms with Crippen LogP contribution in [0.4, 0.5) is 0 Å². The molecule has 0 unspecified atom stereocenters. The first kappa shape index (κ1) is 11.0. The number of halogens is 1. The van der Waals surface area contributed by atoms with E-state index in [0.717, 1.165) is 17.0 Å². The number of hydrogen-bond donors (Lipinski definition) is 0. The molecule has 0 saturated heterocycles. The van der Waals surface area contributed by atoms with Crippen LogP contribution in [0.1, 0.15) is 0 Å². The van der Waals surface area contributed by atoms with Crippen molar-refractivity contribution in [3.63, 3.8) is 0 Å². The van der Waals surface area contributed by atoms with E-state index in [4.69, 9.17) is 16.3 Å². The Morgan fingerprint density at radius 3 is 2.56 bits per heavy atom. The summed E-state index contributed by atoms with van der Waals surface area (Å²) >= 11 is 6.05. The topological polar surface area (TPSA) is 39.4 Å². The molecule has 0 aliphatic carbocycles. The van der Waals surface area contributed by atoms with Gasteiger partial charge in [-0.1, -0.05) is 17.7 Å². The maximum atomic E-state index is 6.05. The van der Waals surface area contributed by atoms with Crippen LogP contribution < -0.4 is 4.74 Å². The van der Waals surface area contributed by atoms with Crippen LogP contribution in [0, 0.1) is 0 Å². The quantitative estimate of drug-likeness (QED) is 0.664. The highest BCUT2D eigenvalue weighted by Crippen LogP contribution is 2.21. The maximum absolute atomic E-state index is 6.05.